The van der Waals surface area contributed by atoms with Gasteiger partial charge in [0.15, 0.2) is 5.82 Å². The van der Waals surface area contributed by atoms with E-state index in [9.17, 15) is 0 Å². The van der Waals surface area contributed by atoms with Gasteiger partial charge in [0.05, 0.1) is 34.7 Å². The molecule has 4 heteroatoms. The second-order valence-corrected chi connectivity index (χ2v) is 13.2. The quantitative estimate of drug-likeness (QED) is 0.166. The Morgan fingerprint density at radius 1 is 0.346 bits per heavy atom. The summed E-state index contributed by atoms with van der Waals surface area (Å²) < 4.78 is 0. The van der Waals surface area contributed by atoms with Gasteiger partial charge in [-0.3, -0.25) is 4.98 Å². The van der Waals surface area contributed by atoms with E-state index < -0.39 is 0 Å². The van der Waals surface area contributed by atoms with Crippen LogP contribution in [0.1, 0.15) is 11.4 Å². The van der Waals surface area contributed by atoms with Gasteiger partial charge in [-0.2, -0.15) is 0 Å². The molecule has 4 nitrogen and oxygen atoms in total. The zero-order valence-corrected chi connectivity index (χ0v) is 29.0. The van der Waals surface area contributed by atoms with E-state index in [-0.39, 0.29) is 0 Å². The lowest BCUT2D eigenvalue weighted by atomic mass is 9.90. The molecule has 0 aliphatic rings. The van der Waals surface area contributed by atoms with Crippen molar-refractivity contribution in [3.05, 3.63) is 181 Å². The molecular formula is C48H34N4. The first-order valence-electron chi connectivity index (χ1n) is 17.5. The summed E-state index contributed by atoms with van der Waals surface area (Å²) in [4.78, 5) is 19.8. The molecule has 2 aromatic heterocycles. The van der Waals surface area contributed by atoms with Crippen LogP contribution in [-0.2, 0) is 0 Å². The van der Waals surface area contributed by atoms with Crippen molar-refractivity contribution in [3.8, 4) is 67.4 Å². The topological polar surface area (TPSA) is 51.6 Å². The molecule has 0 N–H and O–H groups in total. The van der Waals surface area contributed by atoms with Crippen LogP contribution in [0.2, 0.25) is 0 Å². The van der Waals surface area contributed by atoms with Gasteiger partial charge in [0.1, 0.15) is 0 Å². The maximum absolute atomic E-state index is 5.22. The molecule has 0 spiro atoms. The Labute approximate surface area is 303 Å². The molecule has 0 atom stereocenters. The first kappa shape index (κ1) is 31.2. The second kappa shape index (κ2) is 13.2. The third-order valence-corrected chi connectivity index (χ3v) is 9.84. The summed E-state index contributed by atoms with van der Waals surface area (Å²) in [6.07, 6.45) is 1.85. The highest BCUT2D eigenvalue weighted by atomic mass is 14.9. The van der Waals surface area contributed by atoms with E-state index in [2.05, 4.69) is 157 Å². The lowest BCUT2D eigenvalue weighted by Crippen LogP contribution is -1.97. The summed E-state index contributed by atoms with van der Waals surface area (Å²) in [6, 6.07) is 57.8. The van der Waals surface area contributed by atoms with Crippen molar-refractivity contribution < 1.29 is 0 Å². The normalized spacial score (nSPS) is 11.3. The Kier molecular flexibility index (Phi) is 7.90. The van der Waals surface area contributed by atoms with Gasteiger partial charge in [-0.05, 0) is 88.0 Å². The molecule has 0 aliphatic carbocycles. The summed E-state index contributed by atoms with van der Waals surface area (Å²) >= 11 is 0. The zero-order chi connectivity index (χ0) is 35.0. The Bertz CT molecular complexity index is 2680. The number of hydrogen-bond acceptors (Lipinski definition) is 4. The van der Waals surface area contributed by atoms with Crippen LogP contribution in [-0.4, -0.2) is 19.9 Å². The van der Waals surface area contributed by atoms with E-state index >= 15 is 0 Å². The van der Waals surface area contributed by atoms with E-state index in [4.69, 9.17) is 15.0 Å². The lowest BCUT2D eigenvalue weighted by molar-refractivity contribution is 1.05. The molecule has 52 heavy (non-hydrogen) atoms. The van der Waals surface area contributed by atoms with E-state index in [0.717, 1.165) is 67.4 Å². The fourth-order valence-electron chi connectivity index (χ4n) is 6.98. The molecule has 0 radical (unpaired) electrons. The molecule has 0 fully saturated rings. The summed E-state index contributed by atoms with van der Waals surface area (Å²) in [6.45, 7) is 3.99. The first-order valence-corrected chi connectivity index (χ1v) is 17.5. The molecule has 0 aliphatic heterocycles. The molecule has 0 amide bonds. The van der Waals surface area contributed by atoms with Gasteiger partial charge in [-0.25, -0.2) is 15.0 Å². The SMILES string of the molecule is Cc1ncc(-c2ccc(-c3cc(-c4nc(-c5ccccc5)cc(-c5ccccc5)n4)cc(-c4cc5ccccc5c5ccccc45)c3)cc2)nc1C. The molecule has 9 rings (SSSR count). The van der Waals surface area contributed by atoms with Gasteiger partial charge < -0.3 is 0 Å². The highest BCUT2D eigenvalue weighted by Crippen LogP contribution is 2.39. The van der Waals surface area contributed by atoms with Gasteiger partial charge in [0, 0.05) is 22.3 Å². The Hall–Kier alpha value is -6.78. The highest BCUT2D eigenvalue weighted by molar-refractivity contribution is 6.14. The molecular weight excluding hydrogens is 633 g/mol. The number of aromatic nitrogens is 4. The monoisotopic (exact) mass is 666 g/mol. The van der Waals surface area contributed by atoms with Gasteiger partial charge >= 0.3 is 0 Å². The highest BCUT2D eigenvalue weighted by Gasteiger charge is 2.16. The van der Waals surface area contributed by atoms with Crippen molar-refractivity contribution in [1.29, 1.82) is 0 Å². The number of hydrogen-bond donors (Lipinski definition) is 0. The molecule has 7 aromatic carbocycles. The summed E-state index contributed by atoms with van der Waals surface area (Å²) in [5.74, 6) is 0.676. The fourth-order valence-corrected chi connectivity index (χ4v) is 6.98. The summed E-state index contributed by atoms with van der Waals surface area (Å²) in [7, 11) is 0. The van der Waals surface area contributed by atoms with E-state index in [1.807, 2.05) is 32.2 Å². The Morgan fingerprint density at radius 3 is 1.56 bits per heavy atom. The maximum Gasteiger partial charge on any atom is 0.160 e. The smallest absolute Gasteiger partial charge is 0.160 e. The number of nitrogens with zero attached hydrogens (tertiary/aromatic N) is 4. The summed E-state index contributed by atoms with van der Waals surface area (Å²) in [5.41, 5.74) is 13.0. The van der Waals surface area contributed by atoms with Crippen molar-refractivity contribution in [1.82, 2.24) is 19.9 Å². The average Bonchev–Trinajstić information content (AvgIpc) is 3.22. The van der Waals surface area contributed by atoms with Crippen molar-refractivity contribution in [2.75, 3.05) is 0 Å². The maximum atomic E-state index is 5.22. The largest absolute Gasteiger partial charge is 0.257 e. The van der Waals surface area contributed by atoms with Crippen LogP contribution in [0.25, 0.3) is 89.0 Å². The van der Waals surface area contributed by atoms with Gasteiger partial charge in [-0.15, -0.1) is 0 Å². The minimum Gasteiger partial charge on any atom is -0.257 e. The van der Waals surface area contributed by atoms with Crippen molar-refractivity contribution >= 4 is 21.5 Å². The molecule has 0 saturated heterocycles. The summed E-state index contributed by atoms with van der Waals surface area (Å²) in [5, 5.41) is 4.89. The minimum atomic E-state index is 0.676. The van der Waals surface area contributed by atoms with E-state index in [1.165, 1.54) is 27.1 Å². The van der Waals surface area contributed by atoms with Crippen LogP contribution < -0.4 is 0 Å². The van der Waals surface area contributed by atoms with Crippen molar-refractivity contribution in [3.63, 3.8) is 0 Å². The second-order valence-electron chi connectivity index (χ2n) is 13.2. The number of benzene rings is 7. The van der Waals surface area contributed by atoms with Crippen molar-refractivity contribution in [2.24, 2.45) is 0 Å². The van der Waals surface area contributed by atoms with Gasteiger partial charge in [-0.1, -0.05) is 133 Å². The number of fused-ring (bicyclic) bond motifs is 3. The van der Waals surface area contributed by atoms with Crippen LogP contribution in [0.4, 0.5) is 0 Å². The average molecular weight is 667 g/mol. The van der Waals surface area contributed by atoms with Crippen molar-refractivity contribution in [2.45, 2.75) is 13.8 Å². The molecule has 0 bridgehead atoms. The molecule has 2 heterocycles. The first-order chi connectivity index (χ1) is 25.6. The predicted molar refractivity (Wildman–Crippen MR) is 215 cm³/mol. The fraction of sp³-hybridized carbons (Fsp3) is 0.0417. The minimum absolute atomic E-state index is 0.676. The van der Waals surface area contributed by atoms with Crippen LogP contribution in [0.3, 0.4) is 0 Å². The zero-order valence-electron chi connectivity index (χ0n) is 29.0. The molecule has 9 aromatic rings. The van der Waals surface area contributed by atoms with Gasteiger partial charge in [0.25, 0.3) is 0 Å². The lowest BCUT2D eigenvalue weighted by Gasteiger charge is -2.15. The van der Waals surface area contributed by atoms with Gasteiger partial charge in [0.2, 0.25) is 0 Å². The standard InChI is InChI=1S/C48H34N4/c1-31-32(2)50-47(30-49-31)36-23-21-33(22-24-36)38-25-39(44-28-37-17-9-10-18-41(37)42-19-11-12-20-43(42)44)27-40(26-38)48-51-45(34-13-5-3-6-14-34)29-46(52-48)35-15-7-4-8-16-35/h3-30H,1-2H3. The van der Waals surface area contributed by atoms with E-state index in [1.54, 1.807) is 0 Å². The third kappa shape index (κ3) is 5.91. The Balaban J connectivity index is 1.27. The molecule has 0 unspecified atom stereocenters. The molecule has 0 saturated carbocycles. The Morgan fingerprint density at radius 2 is 0.885 bits per heavy atom. The molecule has 246 valence electrons. The van der Waals surface area contributed by atoms with Crippen LogP contribution >= 0.6 is 0 Å². The number of aryl methyl sites for hydroxylation is 2. The number of rotatable bonds is 6. The van der Waals surface area contributed by atoms with Crippen LogP contribution in [0.5, 0.6) is 0 Å². The van der Waals surface area contributed by atoms with Crippen LogP contribution in [0.15, 0.2) is 170 Å². The van der Waals surface area contributed by atoms with E-state index in [0.29, 0.717) is 5.82 Å². The predicted octanol–water partition coefficient (Wildman–Crippen LogP) is 12.2. The third-order valence-electron chi connectivity index (χ3n) is 9.84. The van der Waals surface area contributed by atoms with Crippen LogP contribution in [0, 0.1) is 13.8 Å².